The highest BCUT2D eigenvalue weighted by molar-refractivity contribution is 5.87. The van der Waals surface area contributed by atoms with Crippen molar-refractivity contribution in [3.8, 4) is 18.4 Å². The Morgan fingerprint density at radius 2 is 2.02 bits per heavy atom. The number of carbonyl (C=O) groups excluding carboxylic acids is 1. The molecule has 2 N–H and O–H groups in total. The largest absolute Gasteiger partial charge is 0.463 e. The molecule has 12 heteroatoms. The number of aliphatic hydroxyl groups is 1. The van der Waals surface area contributed by atoms with Crippen molar-refractivity contribution in [2.45, 2.75) is 63.3 Å². The van der Waals surface area contributed by atoms with Gasteiger partial charge in [0.25, 0.3) is 0 Å². The molecule has 262 valence electrons. The number of aromatic nitrogens is 2. The summed E-state index contributed by atoms with van der Waals surface area (Å²) in [7, 11) is 0. The van der Waals surface area contributed by atoms with Gasteiger partial charge in [-0.05, 0) is 55.9 Å². The molecule has 0 bridgehead atoms. The number of nitrogens with one attached hydrogen (secondary N) is 1. The predicted molar refractivity (Wildman–Crippen MR) is 182 cm³/mol. The number of anilines is 1. The highest BCUT2D eigenvalue weighted by atomic mass is 19.1. The molecule has 49 heavy (non-hydrogen) atoms. The fourth-order valence-electron chi connectivity index (χ4n) is 7.96. The van der Waals surface area contributed by atoms with Gasteiger partial charge in [0.1, 0.15) is 11.6 Å². The number of halogens is 1. The quantitative estimate of drug-likeness (QED) is 0.304. The van der Waals surface area contributed by atoms with Gasteiger partial charge in [0.15, 0.2) is 0 Å². The highest BCUT2D eigenvalue weighted by Gasteiger charge is 2.46. The van der Waals surface area contributed by atoms with Crippen molar-refractivity contribution < 1.29 is 28.5 Å². The van der Waals surface area contributed by atoms with Crippen molar-refractivity contribution in [3.63, 3.8) is 0 Å². The third kappa shape index (κ3) is 7.47. The summed E-state index contributed by atoms with van der Waals surface area (Å²) < 4.78 is 33.0. The van der Waals surface area contributed by atoms with Gasteiger partial charge in [0.2, 0.25) is 5.91 Å². The van der Waals surface area contributed by atoms with E-state index < -0.39 is 11.4 Å². The molecule has 2 aromatic rings. The predicted octanol–water partition coefficient (Wildman–Crippen LogP) is 2.39. The smallest absolute Gasteiger partial charge is 0.318 e. The first-order chi connectivity index (χ1) is 23.7. The number of benzene rings is 1. The lowest BCUT2D eigenvalue weighted by Gasteiger charge is -2.44. The normalized spacial score (nSPS) is 26.9. The fourth-order valence-corrected chi connectivity index (χ4v) is 7.96. The molecule has 2 unspecified atom stereocenters. The first-order valence-electron chi connectivity index (χ1n) is 17.5. The zero-order valence-electron chi connectivity index (χ0n) is 28.4. The molecule has 3 aliphatic heterocycles. The van der Waals surface area contributed by atoms with Gasteiger partial charge in [0.05, 0.1) is 55.9 Å². The fraction of sp³-hybridized carbons (Fsp3) is 0.595. The van der Waals surface area contributed by atoms with Gasteiger partial charge in [-0.25, -0.2) is 4.39 Å². The van der Waals surface area contributed by atoms with Crippen LogP contribution in [0.1, 0.15) is 60.2 Å². The van der Waals surface area contributed by atoms with Crippen LogP contribution in [-0.4, -0.2) is 115 Å². The lowest BCUT2D eigenvalue weighted by atomic mass is 9.75. The molecule has 3 fully saturated rings. The summed E-state index contributed by atoms with van der Waals surface area (Å²) in [6.45, 7) is 13.4. The van der Waals surface area contributed by atoms with E-state index in [1.54, 1.807) is 6.07 Å². The van der Waals surface area contributed by atoms with Gasteiger partial charge < -0.3 is 29.5 Å². The van der Waals surface area contributed by atoms with Crippen LogP contribution in [0.2, 0.25) is 0 Å². The number of ether oxygens (including phenoxy) is 3. The molecule has 11 nitrogen and oxygen atoms in total. The molecule has 7 rings (SSSR count). The molecule has 3 atom stereocenters. The summed E-state index contributed by atoms with van der Waals surface area (Å²) in [4.78, 5) is 29.2. The first kappa shape index (κ1) is 33.9. The van der Waals surface area contributed by atoms with Crippen LogP contribution in [0.25, 0.3) is 0 Å². The molecule has 1 saturated carbocycles. The average molecular weight is 675 g/mol. The van der Waals surface area contributed by atoms with Crippen LogP contribution in [-0.2, 0) is 33.7 Å². The first-order valence-corrected chi connectivity index (χ1v) is 17.5. The summed E-state index contributed by atoms with van der Waals surface area (Å²) >= 11 is 0. The van der Waals surface area contributed by atoms with E-state index in [2.05, 4.69) is 32.5 Å². The standard InChI is InChI=1S/C37H47FN6O5/c1-4-27-29(38)7-6-25-18-36(3,46)19-31(33(25)27)43-11-8-28-30(21-43)40-35(49-24-37(9-10-37)23-42-12-15-47-16-13-42)41-34(28)44-14-17-48-22-26(20-44)39-32(45)5-2/h1,5-7,26,31,46H,2,8-24H2,3H3,(H,39,45)/t26-,31?,36?/m0/s1. The van der Waals surface area contributed by atoms with Crippen molar-refractivity contribution in [2.24, 2.45) is 5.41 Å². The van der Waals surface area contributed by atoms with E-state index in [1.165, 1.54) is 12.1 Å². The monoisotopic (exact) mass is 674 g/mol. The maximum absolute atomic E-state index is 15.0. The summed E-state index contributed by atoms with van der Waals surface area (Å²) in [6, 6.07) is 2.95. The second kappa shape index (κ2) is 14.0. The van der Waals surface area contributed by atoms with Crippen LogP contribution in [0, 0.1) is 23.6 Å². The number of fused-ring (bicyclic) bond motifs is 2. The van der Waals surface area contributed by atoms with Gasteiger partial charge in [-0.3, -0.25) is 14.6 Å². The van der Waals surface area contributed by atoms with E-state index in [9.17, 15) is 9.90 Å². The van der Waals surface area contributed by atoms with Crippen molar-refractivity contribution in [1.29, 1.82) is 0 Å². The Kier molecular flexibility index (Phi) is 9.65. The summed E-state index contributed by atoms with van der Waals surface area (Å²) in [5.41, 5.74) is 2.89. The van der Waals surface area contributed by atoms with E-state index in [0.717, 1.165) is 73.9 Å². The number of rotatable bonds is 9. The number of amides is 1. The third-order valence-corrected chi connectivity index (χ3v) is 10.7. The van der Waals surface area contributed by atoms with Crippen LogP contribution in [0.15, 0.2) is 24.8 Å². The van der Waals surface area contributed by atoms with Crippen LogP contribution >= 0.6 is 0 Å². The van der Waals surface area contributed by atoms with E-state index in [0.29, 0.717) is 71.3 Å². The Balaban J connectivity index is 1.20. The van der Waals surface area contributed by atoms with Crippen molar-refractivity contribution >= 4 is 11.7 Å². The van der Waals surface area contributed by atoms with Crippen LogP contribution < -0.4 is 15.0 Å². The zero-order chi connectivity index (χ0) is 34.2. The second-order valence-electron chi connectivity index (χ2n) is 14.6. The molecule has 5 aliphatic rings. The van der Waals surface area contributed by atoms with Crippen LogP contribution in [0.5, 0.6) is 6.01 Å². The minimum absolute atomic E-state index is 0.0758. The SMILES string of the molecule is C#Cc1c(F)ccc2c1C(N1CCc3c(nc(OCC4(CN5CCOCC5)CC4)nc3N3CCOC[C@@H](NC(=O)C=C)C3)C1)CC(C)(O)C2. The minimum atomic E-state index is -0.969. The van der Waals surface area contributed by atoms with E-state index in [1.807, 2.05) is 6.92 Å². The topological polar surface area (TPSA) is 113 Å². The number of hydrogen-bond donors (Lipinski definition) is 2. The Morgan fingerprint density at radius 1 is 1.22 bits per heavy atom. The van der Waals surface area contributed by atoms with Gasteiger partial charge >= 0.3 is 6.01 Å². The molecule has 1 amide bonds. The van der Waals surface area contributed by atoms with Gasteiger partial charge in [0, 0.05) is 69.3 Å². The Hall–Kier alpha value is -3.60. The Labute approximate surface area is 287 Å². The molecular formula is C37H47FN6O5. The minimum Gasteiger partial charge on any atom is -0.463 e. The number of hydrogen-bond acceptors (Lipinski definition) is 10. The molecule has 0 spiro atoms. The highest BCUT2D eigenvalue weighted by Crippen LogP contribution is 2.47. The Morgan fingerprint density at radius 3 is 2.78 bits per heavy atom. The molecule has 2 aliphatic carbocycles. The van der Waals surface area contributed by atoms with Crippen molar-refractivity contribution in [2.75, 3.05) is 77.2 Å². The van der Waals surface area contributed by atoms with E-state index in [4.69, 9.17) is 30.6 Å². The van der Waals surface area contributed by atoms with Crippen molar-refractivity contribution in [1.82, 2.24) is 25.1 Å². The maximum atomic E-state index is 15.0. The molecule has 0 radical (unpaired) electrons. The molecule has 4 heterocycles. The third-order valence-electron chi connectivity index (χ3n) is 10.7. The number of nitrogens with zero attached hydrogens (tertiary/aromatic N) is 5. The summed E-state index contributed by atoms with van der Waals surface area (Å²) in [5, 5.41) is 14.3. The van der Waals surface area contributed by atoms with Crippen molar-refractivity contribution in [3.05, 3.63) is 58.6 Å². The number of terminal acetylenes is 1. The molecule has 2 saturated heterocycles. The van der Waals surface area contributed by atoms with Crippen LogP contribution in [0.4, 0.5) is 10.2 Å². The van der Waals surface area contributed by atoms with Crippen LogP contribution in [0.3, 0.4) is 0 Å². The number of carbonyl (C=O) groups is 1. The lowest BCUT2D eigenvalue weighted by Crippen LogP contribution is -2.46. The van der Waals surface area contributed by atoms with Gasteiger partial charge in [-0.1, -0.05) is 18.6 Å². The summed E-state index contributed by atoms with van der Waals surface area (Å²) in [6.07, 6.45) is 10.8. The number of morpholine rings is 1. The van der Waals surface area contributed by atoms with Gasteiger partial charge in [-0.2, -0.15) is 9.97 Å². The lowest BCUT2D eigenvalue weighted by molar-refractivity contribution is -0.117. The second-order valence-corrected chi connectivity index (χ2v) is 14.6. The zero-order valence-corrected chi connectivity index (χ0v) is 28.4. The summed E-state index contributed by atoms with van der Waals surface area (Å²) in [5.74, 6) is 2.72. The maximum Gasteiger partial charge on any atom is 0.318 e. The van der Waals surface area contributed by atoms with Gasteiger partial charge in [-0.15, -0.1) is 6.42 Å². The average Bonchev–Trinajstić information content (AvgIpc) is 3.90. The molecule has 1 aromatic carbocycles. The van der Waals surface area contributed by atoms with E-state index >= 15 is 4.39 Å². The molecule has 1 aromatic heterocycles. The van der Waals surface area contributed by atoms with E-state index in [-0.39, 0.29) is 29.0 Å². The Bertz CT molecular complexity index is 1620. The molecular weight excluding hydrogens is 627 g/mol.